The van der Waals surface area contributed by atoms with E-state index in [1.807, 2.05) is 0 Å². The molecule has 0 saturated heterocycles. The Morgan fingerprint density at radius 2 is 1.56 bits per heavy atom. The van der Waals surface area contributed by atoms with Crippen molar-refractivity contribution in [3.63, 3.8) is 0 Å². The second-order valence-corrected chi connectivity index (χ2v) is 4.35. The summed E-state index contributed by atoms with van der Waals surface area (Å²) in [7, 11) is 0. The normalized spacial score (nSPS) is 87.0. The van der Waals surface area contributed by atoms with Gasteiger partial charge >= 0.3 is 0 Å². The number of hydrogen-bond donors (Lipinski definition) is 1. The largest absolute Gasteiger partial charge is 0.393 e. The molecule has 5 atom stereocenters. The Morgan fingerprint density at radius 1 is 0.889 bits per heavy atom. The van der Waals surface area contributed by atoms with Crippen LogP contribution in [0.1, 0.15) is 6.42 Å². The molecule has 0 aromatic heterocycles. The van der Waals surface area contributed by atoms with Gasteiger partial charge in [-0.25, -0.2) is 0 Å². The molecule has 9 heavy (non-hydrogen) atoms. The number of aliphatic hydroxyl groups excluding tert-OH is 1. The van der Waals surface area contributed by atoms with Gasteiger partial charge in [-0.05, 0) is 41.9 Å². The van der Waals surface area contributed by atoms with Crippen LogP contribution in [0.15, 0.2) is 0 Å². The molecule has 2 unspecified atom stereocenters. The minimum atomic E-state index is 0.125. The highest BCUT2D eigenvalue weighted by Crippen LogP contribution is 2.89. The van der Waals surface area contributed by atoms with Gasteiger partial charge in [0.2, 0.25) is 0 Å². The molecule has 0 amide bonds. The molecule has 48 valence electrons. The first-order valence-corrected chi connectivity index (χ1v) is 4.07. The molecular weight excluding hydrogens is 112 g/mol. The van der Waals surface area contributed by atoms with Crippen LogP contribution in [-0.4, -0.2) is 11.2 Å². The van der Waals surface area contributed by atoms with E-state index >= 15 is 0 Å². The van der Waals surface area contributed by atoms with Crippen LogP contribution in [0.3, 0.4) is 0 Å². The Hall–Kier alpha value is -0.0400. The standard InChI is InChI=1S/C8H10O/c9-3-1-2-4(3)6-7-5(2)8(6)7/h2-9H,1H2/t2-,3+,4-,5?,6?,7?,8?/m0/s1. The molecule has 5 aliphatic rings. The third kappa shape index (κ3) is 0.219. The van der Waals surface area contributed by atoms with Crippen molar-refractivity contribution in [2.75, 3.05) is 0 Å². The molecule has 0 aromatic carbocycles. The summed E-state index contributed by atoms with van der Waals surface area (Å²) in [6.07, 6.45) is 1.28. The summed E-state index contributed by atoms with van der Waals surface area (Å²) in [6, 6.07) is 0. The SMILES string of the molecule is O[C@@H]1C[C@@H]2C3C4C3C4[C@H]12. The molecule has 5 fully saturated rings. The summed E-state index contributed by atoms with van der Waals surface area (Å²) in [5, 5.41) is 9.33. The zero-order chi connectivity index (χ0) is 5.75. The fraction of sp³-hybridized carbons (Fsp3) is 1.00. The van der Waals surface area contributed by atoms with Crippen molar-refractivity contribution in [3.8, 4) is 0 Å². The summed E-state index contributed by atoms with van der Waals surface area (Å²) < 4.78 is 0. The quantitative estimate of drug-likeness (QED) is 0.495. The maximum absolute atomic E-state index is 9.33. The molecule has 0 aromatic rings. The van der Waals surface area contributed by atoms with E-state index in [-0.39, 0.29) is 6.10 Å². The number of hydrogen-bond acceptors (Lipinski definition) is 1. The third-order valence-corrected chi connectivity index (χ3v) is 4.33. The zero-order valence-electron chi connectivity index (χ0n) is 5.20. The van der Waals surface area contributed by atoms with Gasteiger partial charge in [-0.15, -0.1) is 0 Å². The minimum absolute atomic E-state index is 0.125. The van der Waals surface area contributed by atoms with Crippen molar-refractivity contribution in [1.82, 2.24) is 0 Å². The third-order valence-electron chi connectivity index (χ3n) is 4.33. The molecule has 0 radical (unpaired) electrons. The lowest BCUT2D eigenvalue weighted by atomic mass is 9.74. The highest BCUT2D eigenvalue weighted by atomic mass is 16.3. The van der Waals surface area contributed by atoms with E-state index in [2.05, 4.69) is 0 Å². The van der Waals surface area contributed by atoms with E-state index in [1.165, 1.54) is 0 Å². The maximum Gasteiger partial charge on any atom is 0.0576 e. The summed E-state index contributed by atoms with van der Waals surface area (Å²) in [5.41, 5.74) is 0. The second kappa shape index (κ2) is 0.800. The molecule has 0 aliphatic heterocycles. The van der Waals surface area contributed by atoms with Crippen molar-refractivity contribution < 1.29 is 5.11 Å². The van der Waals surface area contributed by atoms with Gasteiger partial charge in [0.1, 0.15) is 0 Å². The molecule has 0 spiro atoms. The zero-order valence-corrected chi connectivity index (χ0v) is 5.20. The number of aliphatic hydroxyl groups is 1. The Kier molecular flexibility index (Phi) is 0.353. The number of rotatable bonds is 0. The summed E-state index contributed by atoms with van der Waals surface area (Å²) in [5.74, 6) is 6.23. The van der Waals surface area contributed by atoms with Gasteiger partial charge in [0, 0.05) is 0 Å². The molecule has 5 saturated carbocycles. The average molecular weight is 122 g/mol. The molecule has 1 heteroatoms. The maximum atomic E-state index is 9.33. The van der Waals surface area contributed by atoms with Crippen molar-refractivity contribution in [2.24, 2.45) is 35.5 Å². The molecule has 1 N–H and O–H groups in total. The first-order valence-electron chi connectivity index (χ1n) is 4.07. The Bertz CT molecular complexity index is 191. The minimum Gasteiger partial charge on any atom is -0.393 e. The van der Waals surface area contributed by atoms with E-state index in [0.29, 0.717) is 0 Å². The van der Waals surface area contributed by atoms with Crippen LogP contribution in [0.25, 0.3) is 0 Å². The van der Waals surface area contributed by atoms with E-state index in [0.717, 1.165) is 41.9 Å². The topological polar surface area (TPSA) is 20.2 Å². The van der Waals surface area contributed by atoms with Crippen LogP contribution < -0.4 is 0 Å². The van der Waals surface area contributed by atoms with Gasteiger partial charge in [0.25, 0.3) is 0 Å². The first kappa shape index (κ1) is 3.97. The lowest BCUT2D eigenvalue weighted by Gasteiger charge is -2.35. The molecule has 1 nitrogen and oxygen atoms in total. The predicted octanol–water partition coefficient (Wildman–Crippen LogP) is 0.489. The molecule has 5 rings (SSSR count). The monoisotopic (exact) mass is 122 g/mol. The fourth-order valence-electron chi connectivity index (χ4n) is 3.86. The van der Waals surface area contributed by atoms with Crippen LogP contribution in [0.2, 0.25) is 0 Å². The van der Waals surface area contributed by atoms with Crippen molar-refractivity contribution in [1.29, 1.82) is 0 Å². The lowest BCUT2D eigenvalue weighted by molar-refractivity contribution is -0.0181. The summed E-state index contributed by atoms with van der Waals surface area (Å²) in [4.78, 5) is 0. The molecule has 2 bridgehead atoms. The van der Waals surface area contributed by atoms with Crippen molar-refractivity contribution in [3.05, 3.63) is 0 Å². The van der Waals surface area contributed by atoms with Gasteiger partial charge in [-0.3, -0.25) is 0 Å². The highest BCUT2D eigenvalue weighted by Gasteiger charge is 2.87. The van der Waals surface area contributed by atoms with Crippen LogP contribution in [0.4, 0.5) is 0 Å². The lowest BCUT2D eigenvalue weighted by Crippen LogP contribution is -2.38. The van der Waals surface area contributed by atoms with E-state index in [4.69, 9.17) is 0 Å². The Labute approximate surface area is 54.1 Å². The fourth-order valence-corrected chi connectivity index (χ4v) is 3.86. The molecule has 0 heterocycles. The van der Waals surface area contributed by atoms with Crippen LogP contribution in [-0.2, 0) is 0 Å². The van der Waals surface area contributed by atoms with Gasteiger partial charge in [-0.1, -0.05) is 0 Å². The van der Waals surface area contributed by atoms with Gasteiger partial charge in [-0.2, -0.15) is 0 Å². The van der Waals surface area contributed by atoms with Crippen LogP contribution in [0, 0.1) is 35.5 Å². The van der Waals surface area contributed by atoms with Crippen molar-refractivity contribution >= 4 is 0 Å². The Morgan fingerprint density at radius 3 is 2.00 bits per heavy atom. The smallest absolute Gasteiger partial charge is 0.0576 e. The average Bonchev–Trinajstić information content (AvgIpc) is 2.62. The molecule has 5 aliphatic carbocycles. The second-order valence-electron chi connectivity index (χ2n) is 4.35. The van der Waals surface area contributed by atoms with Gasteiger partial charge < -0.3 is 5.11 Å². The van der Waals surface area contributed by atoms with E-state index in [9.17, 15) is 5.11 Å². The van der Waals surface area contributed by atoms with Crippen LogP contribution >= 0.6 is 0 Å². The molecular formula is C8H10O. The van der Waals surface area contributed by atoms with E-state index in [1.54, 1.807) is 0 Å². The Balaban J connectivity index is 1.84. The highest BCUT2D eigenvalue weighted by molar-refractivity contribution is 5.33. The summed E-state index contributed by atoms with van der Waals surface area (Å²) >= 11 is 0. The van der Waals surface area contributed by atoms with Crippen molar-refractivity contribution in [2.45, 2.75) is 12.5 Å². The van der Waals surface area contributed by atoms with Crippen LogP contribution in [0.5, 0.6) is 0 Å². The first-order chi connectivity index (χ1) is 4.39. The van der Waals surface area contributed by atoms with Gasteiger partial charge in [0.05, 0.1) is 6.10 Å². The predicted molar refractivity (Wildman–Crippen MR) is 31.6 cm³/mol. The summed E-state index contributed by atoms with van der Waals surface area (Å²) in [6.45, 7) is 0. The van der Waals surface area contributed by atoms with Gasteiger partial charge in [0.15, 0.2) is 0 Å². The van der Waals surface area contributed by atoms with E-state index < -0.39 is 0 Å².